The number of hydrogen-bond donors (Lipinski definition) is 1. The summed E-state index contributed by atoms with van der Waals surface area (Å²) in [5.74, 6) is 0.167. The van der Waals surface area contributed by atoms with Crippen LogP contribution in [-0.4, -0.2) is 6.54 Å². The van der Waals surface area contributed by atoms with Gasteiger partial charge in [-0.25, -0.2) is 4.39 Å². The largest absolute Gasteiger partial charge is 0.310 e. The molecule has 1 rings (SSSR count). The third kappa shape index (κ3) is 4.25. The van der Waals surface area contributed by atoms with E-state index in [1.54, 1.807) is 6.07 Å². The first-order chi connectivity index (χ1) is 8.60. The van der Waals surface area contributed by atoms with Crippen LogP contribution in [0.5, 0.6) is 0 Å². The van der Waals surface area contributed by atoms with Gasteiger partial charge in [-0.3, -0.25) is 0 Å². The molecule has 0 aliphatic heterocycles. The van der Waals surface area contributed by atoms with E-state index in [-0.39, 0.29) is 16.9 Å². The Hall–Kier alpha value is -0.600. The van der Waals surface area contributed by atoms with Gasteiger partial charge in [-0.05, 0) is 43.0 Å². The van der Waals surface area contributed by atoms with E-state index in [1.807, 2.05) is 6.07 Å². The fraction of sp³-hybridized carbons (Fsp3) is 0.600. The van der Waals surface area contributed by atoms with Crippen LogP contribution in [0.3, 0.4) is 0 Å². The van der Waals surface area contributed by atoms with Gasteiger partial charge in [0.2, 0.25) is 0 Å². The highest BCUT2D eigenvalue weighted by Crippen LogP contribution is 2.28. The summed E-state index contributed by atoms with van der Waals surface area (Å²) in [5.41, 5.74) is 1.08. The molecule has 1 aromatic rings. The van der Waals surface area contributed by atoms with E-state index in [0.717, 1.165) is 31.4 Å². The summed E-state index contributed by atoms with van der Waals surface area (Å²) in [6, 6.07) is 5.29. The van der Waals surface area contributed by atoms with E-state index in [4.69, 9.17) is 11.6 Å². The van der Waals surface area contributed by atoms with Crippen molar-refractivity contribution in [3.8, 4) is 0 Å². The number of nitrogens with one attached hydrogen (secondary N) is 1. The standard InChI is InChI=1S/C15H23ClFN/c1-4-6-11(3)15(18-9-5-2)12-7-8-14(17)13(16)10-12/h7-8,10-11,15,18H,4-6,9H2,1-3H3. The van der Waals surface area contributed by atoms with Crippen LogP contribution in [0.15, 0.2) is 18.2 Å². The van der Waals surface area contributed by atoms with Crippen molar-refractivity contribution in [2.45, 2.75) is 46.1 Å². The van der Waals surface area contributed by atoms with E-state index in [1.165, 1.54) is 6.07 Å². The van der Waals surface area contributed by atoms with Crippen LogP contribution >= 0.6 is 11.6 Å². The first-order valence-corrected chi connectivity index (χ1v) is 7.16. The lowest BCUT2D eigenvalue weighted by atomic mass is 9.91. The van der Waals surface area contributed by atoms with Crippen molar-refractivity contribution in [3.63, 3.8) is 0 Å². The lowest BCUT2D eigenvalue weighted by Gasteiger charge is -2.25. The molecule has 3 heteroatoms. The SMILES string of the molecule is CCCNC(c1ccc(F)c(Cl)c1)C(C)CCC. The third-order valence-electron chi connectivity index (χ3n) is 3.23. The normalized spacial score (nSPS) is 14.5. The average molecular weight is 272 g/mol. The molecule has 0 saturated heterocycles. The molecular weight excluding hydrogens is 249 g/mol. The zero-order chi connectivity index (χ0) is 13.5. The van der Waals surface area contributed by atoms with Crippen LogP contribution in [0.1, 0.15) is 51.6 Å². The minimum atomic E-state index is -0.349. The van der Waals surface area contributed by atoms with Gasteiger partial charge in [0, 0.05) is 6.04 Å². The number of rotatable bonds is 7. The fourth-order valence-electron chi connectivity index (χ4n) is 2.28. The Morgan fingerprint density at radius 2 is 2.00 bits per heavy atom. The van der Waals surface area contributed by atoms with Crippen LogP contribution in [0.2, 0.25) is 5.02 Å². The van der Waals surface area contributed by atoms with Crippen LogP contribution in [-0.2, 0) is 0 Å². The van der Waals surface area contributed by atoms with E-state index in [0.29, 0.717) is 5.92 Å². The molecule has 1 nitrogen and oxygen atoms in total. The summed E-state index contributed by atoms with van der Waals surface area (Å²) in [7, 11) is 0. The van der Waals surface area contributed by atoms with Crippen molar-refractivity contribution in [2.75, 3.05) is 6.54 Å². The molecule has 0 amide bonds. The van der Waals surface area contributed by atoms with E-state index in [9.17, 15) is 4.39 Å². The van der Waals surface area contributed by atoms with Crippen LogP contribution in [0.25, 0.3) is 0 Å². The summed E-state index contributed by atoms with van der Waals surface area (Å²) in [5, 5.41) is 3.74. The summed E-state index contributed by atoms with van der Waals surface area (Å²) < 4.78 is 13.2. The molecule has 0 fully saturated rings. The number of benzene rings is 1. The molecule has 0 aliphatic rings. The smallest absolute Gasteiger partial charge is 0.141 e. The van der Waals surface area contributed by atoms with Crippen LogP contribution in [0.4, 0.5) is 4.39 Å². The van der Waals surface area contributed by atoms with Crippen molar-refractivity contribution in [2.24, 2.45) is 5.92 Å². The first-order valence-electron chi connectivity index (χ1n) is 6.78. The van der Waals surface area contributed by atoms with Crippen molar-refractivity contribution in [1.82, 2.24) is 5.32 Å². The zero-order valence-electron chi connectivity index (χ0n) is 11.5. The minimum absolute atomic E-state index is 0.208. The topological polar surface area (TPSA) is 12.0 Å². The lowest BCUT2D eigenvalue weighted by Crippen LogP contribution is -2.27. The first kappa shape index (κ1) is 15.5. The zero-order valence-corrected chi connectivity index (χ0v) is 12.2. The summed E-state index contributed by atoms with van der Waals surface area (Å²) in [6.45, 7) is 7.53. The molecule has 0 saturated carbocycles. The van der Waals surface area contributed by atoms with Gasteiger partial charge in [-0.2, -0.15) is 0 Å². The molecule has 0 bridgehead atoms. The maximum absolute atomic E-state index is 13.2. The molecular formula is C15H23ClFN. The Labute approximate surface area is 115 Å². The fourth-order valence-corrected chi connectivity index (χ4v) is 2.46. The van der Waals surface area contributed by atoms with Gasteiger partial charge in [-0.15, -0.1) is 0 Å². The summed E-state index contributed by atoms with van der Waals surface area (Å²) >= 11 is 5.87. The van der Waals surface area contributed by atoms with Gasteiger partial charge >= 0.3 is 0 Å². The Morgan fingerprint density at radius 3 is 2.56 bits per heavy atom. The summed E-state index contributed by atoms with van der Waals surface area (Å²) in [4.78, 5) is 0. The van der Waals surface area contributed by atoms with Gasteiger partial charge in [-0.1, -0.05) is 44.9 Å². The minimum Gasteiger partial charge on any atom is -0.310 e. The summed E-state index contributed by atoms with van der Waals surface area (Å²) in [6.07, 6.45) is 3.39. The molecule has 102 valence electrons. The Balaban J connectivity index is 2.89. The second kappa shape index (κ2) is 7.75. The highest BCUT2D eigenvalue weighted by atomic mass is 35.5. The van der Waals surface area contributed by atoms with Gasteiger partial charge < -0.3 is 5.32 Å². The van der Waals surface area contributed by atoms with Crippen LogP contribution in [0, 0.1) is 11.7 Å². The van der Waals surface area contributed by atoms with E-state index in [2.05, 4.69) is 26.1 Å². The van der Waals surface area contributed by atoms with Gasteiger partial charge in [0.25, 0.3) is 0 Å². The van der Waals surface area contributed by atoms with Gasteiger partial charge in [0.15, 0.2) is 0 Å². The maximum Gasteiger partial charge on any atom is 0.141 e. The van der Waals surface area contributed by atoms with E-state index < -0.39 is 0 Å². The van der Waals surface area contributed by atoms with Crippen molar-refractivity contribution < 1.29 is 4.39 Å². The molecule has 1 N–H and O–H groups in total. The monoisotopic (exact) mass is 271 g/mol. The van der Waals surface area contributed by atoms with Gasteiger partial charge in [0.05, 0.1) is 5.02 Å². The predicted octanol–water partition coefficient (Wildman–Crippen LogP) is 4.96. The Bertz CT molecular complexity index is 368. The third-order valence-corrected chi connectivity index (χ3v) is 3.52. The second-order valence-electron chi connectivity index (χ2n) is 4.87. The molecule has 0 radical (unpaired) electrons. The van der Waals surface area contributed by atoms with Crippen molar-refractivity contribution in [1.29, 1.82) is 0 Å². The highest BCUT2D eigenvalue weighted by molar-refractivity contribution is 6.30. The molecule has 0 heterocycles. The van der Waals surface area contributed by atoms with E-state index >= 15 is 0 Å². The number of halogens is 2. The molecule has 0 aliphatic carbocycles. The molecule has 2 unspecified atom stereocenters. The maximum atomic E-state index is 13.2. The van der Waals surface area contributed by atoms with Crippen molar-refractivity contribution >= 4 is 11.6 Å². The highest BCUT2D eigenvalue weighted by Gasteiger charge is 2.18. The molecule has 0 aromatic heterocycles. The average Bonchev–Trinajstić information content (AvgIpc) is 2.34. The molecule has 18 heavy (non-hydrogen) atoms. The molecule has 0 spiro atoms. The van der Waals surface area contributed by atoms with Gasteiger partial charge in [0.1, 0.15) is 5.82 Å². The quantitative estimate of drug-likeness (QED) is 0.739. The molecule has 1 aromatic carbocycles. The Kier molecular flexibility index (Phi) is 6.66. The lowest BCUT2D eigenvalue weighted by molar-refractivity contribution is 0.363. The number of hydrogen-bond acceptors (Lipinski definition) is 1. The predicted molar refractivity (Wildman–Crippen MR) is 76.5 cm³/mol. The van der Waals surface area contributed by atoms with Crippen molar-refractivity contribution in [3.05, 3.63) is 34.6 Å². The molecule has 2 atom stereocenters. The Morgan fingerprint density at radius 1 is 1.28 bits per heavy atom. The van der Waals surface area contributed by atoms with Crippen LogP contribution < -0.4 is 5.32 Å². The second-order valence-corrected chi connectivity index (χ2v) is 5.28.